The molecule has 1 aromatic heterocycles. The molecule has 0 spiro atoms. The lowest BCUT2D eigenvalue weighted by Gasteiger charge is -2.16. The molecular formula is C24H22F3N3O5. The molecule has 11 heteroatoms. The summed E-state index contributed by atoms with van der Waals surface area (Å²) in [7, 11) is 0. The van der Waals surface area contributed by atoms with Gasteiger partial charge >= 0.3 is 12.3 Å². The van der Waals surface area contributed by atoms with E-state index in [2.05, 4.69) is 15.0 Å². The maximum Gasteiger partial charge on any atom is 0.573 e. The van der Waals surface area contributed by atoms with Crippen molar-refractivity contribution in [1.29, 1.82) is 0 Å². The van der Waals surface area contributed by atoms with E-state index < -0.39 is 30.6 Å². The summed E-state index contributed by atoms with van der Waals surface area (Å²) in [6.07, 6.45) is -0.133. The maximum atomic E-state index is 12.9. The summed E-state index contributed by atoms with van der Waals surface area (Å²) in [5.41, 5.74) is 0.592. The van der Waals surface area contributed by atoms with E-state index in [-0.39, 0.29) is 16.8 Å². The molecule has 0 atom stereocenters. The number of alkyl halides is 3. The molecule has 0 aliphatic carbocycles. The van der Waals surface area contributed by atoms with E-state index >= 15 is 0 Å². The Morgan fingerprint density at radius 2 is 1.77 bits per heavy atom. The summed E-state index contributed by atoms with van der Waals surface area (Å²) < 4.78 is 47.2. The zero-order valence-corrected chi connectivity index (χ0v) is 18.6. The third-order valence-electron chi connectivity index (χ3n) is 5.51. The molecule has 1 amide bonds. The van der Waals surface area contributed by atoms with Crippen LogP contribution in [0.5, 0.6) is 5.75 Å². The van der Waals surface area contributed by atoms with Gasteiger partial charge in [-0.2, -0.15) is 0 Å². The van der Waals surface area contributed by atoms with Crippen molar-refractivity contribution < 1.29 is 32.2 Å². The number of fused-ring (bicyclic) bond motifs is 2. The summed E-state index contributed by atoms with van der Waals surface area (Å²) in [6, 6.07) is 8.97. The summed E-state index contributed by atoms with van der Waals surface area (Å²) in [5, 5.41) is 2.82. The fourth-order valence-electron chi connectivity index (χ4n) is 3.87. The van der Waals surface area contributed by atoms with Gasteiger partial charge in [0.2, 0.25) is 0 Å². The Labute approximate surface area is 197 Å². The Balaban J connectivity index is 1.40. The molecule has 184 valence electrons. The summed E-state index contributed by atoms with van der Waals surface area (Å²) in [6.45, 7) is 0.00599. The van der Waals surface area contributed by atoms with Gasteiger partial charge in [0.05, 0.1) is 16.5 Å². The van der Waals surface area contributed by atoms with E-state index in [4.69, 9.17) is 4.74 Å². The molecule has 0 saturated carbocycles. The van der Waals surface area contributed by atoms with Crippen LogP contribution in [-0.4, -0.2) is 34.4 Å². The predicted octanol–water partition coefficient (Wildman–Crippen LogP) is 4.21. The van der Waals surface area contributed by atoms with Crippen LogP contribution in [0.15, 0.2) is 47.3 Å². The number of esters is 1. The topological polar surface area (TPSA) is 99.5 Å². The van der Waals surface area contributed by atoms with E-state index in [1.54, 1.807) is 4.57 Å². The number of nitrogens with zero attached hydrogens (tertiary/aromatic N) is 2. The molecular weight excluding hydrogens is 467 g/mol. The van der Waals surface area contributed by atoms with Crippen LogP contribution in [0.25, 0.3) is 10.9 Å². The highest BCUT2D eigenvalue weighted by molar-refractivity contribution is 5.97. The van der Waals surface area contributed by atoms with E-state index in [9.17, 15) is 27.6 Å². The number of carbonyl (C=O) groups is 2. The molecule has 3 aromatic rings. The Kier molecular flexibility index (Phi) is 7.04. The molecule has 1 N–H and O–H groups in total. The third-order valence-corrected chi connectivity index (χ3v) is 5.51. The van der Waals surface area contributed by atoms with Crippen molar-refractivity contribution in [3.63, 3.8) is 0 Å². The van der Waals surface area contributed by atoms with Crippen LogP contribution in [0.3, 0.4) is 0 Å². The number of amides is 1. The smallest absolute Gasteiger partial charge is 0.452 e. The standard InChI is InChI=1S/C24H22F3N3O5/c25-24(26,27)35-17-9-7-16(8-10-17)28-21(31)14-34-23(33)15-6-11-18-19(13-15)29-20-5-3-1-2-4-12-30(20)22(18)32/h6-11,13H,1-5,12,14H2,(H,28,31). The second-order valence-electron chi connectivity index (χ2n) is 8.08. The number of hydrogen-bond acceptors (Lipinski definition) is 6. The lowest BCUT2D eigenvalue weighted by atomic mass is 10.1. The number of carbonyl (C=O) groups excluding carboxylic acids is 2. The first-order valence-electron chi connectivity index (χ1n) is 11.1. The van der Waals surface area contributed by atoms with E-state index in [1.807, 2.05) is 0 Å². The maximum absolute atomic E-state index is 12.9. The van der Waals surface area contributed by atoms with Crippen LogP contribution in [0, 0.1) is 0 Å². The van der Waals surface area contributed by atoms with Crippen molar-refractivity contribution in [2.75, 3.05) is 11.9 Å². The quantitative estimate of drug-likeness (QED) is 0.539. The number of rotatable bonds is 5. The van der Waals surface area contributed by atoms with Gasteiger partial charge in [-0.25, -0.2) is 9.78 Å². The summed E-state index contributed by atoms with van der Waals surface area (Å²) >= 11 is 0. The highest BCUT2D eigenvalue weighted by Crippen LogP contribution is 2.24. The van der Waals surface area contributed by atoms with Crippen LogP contribution in [0.1, 0.15) is 41.9 Å². The minimum atomic E-state index is -4.82. The van der Waals surface area contributed by atoms with Gasteiger partial charge in [-0.1, -0.05) is 12.8 Å². The van der Waals surface area contributed by atoms with Gasteiger partial charge in [-0.05, 0) is 55.3 Å². The first-order valence-corrected chi connectivity index (χ1v) is 11.1. The number of benzene rings is 2. The largest absolute Gasteiger partial charge is 0.573 e. The molecule has 1 aliphatic rings. The minimum Gasteiger partial charge on any atom is -0.452 e. The Hall–Kier alpha value is -3.89. The summed E-state index contributed by atoms with van der Waals surface area (Å²) in [5.74, 6) is -1.19. The van der Waals surface area contributed by atoms with Gasteiger partial charge in [0.1, 0.15) is 11.6 Å². The number of anilines is 1. The SMILES string of the molecule is O=C(COC(=O)c1ccc2c(=O)n3c(nc2c1)CCCCCC3)Nc1ccc(OC(F)(F)F)cc1. The van der Waals surface area contributed by atoms with Crippen molar-refractivity contribution >= 4 is 28.5 Å². The molecule has 0 radical (unpaired) electrons. The Morgan fingerprint density at radius 1 is 1.03 bits per heavy atom. The molecule has 0 saturated heterocycles. The van der Waals surface area contributed by atoms with Crippen molar-refractivity contribution in [1.82, 2.24) is 9.55 Å². The van der Waals surface area contributed by atoms with Crippen molar-refractivity contribution in [3.8, 4) is 5.75 Å². The van der Waals surface area contributed by atoms with Crippen LogP contribution in [-0.2, 0) is 22.5 Å². The number of aryl methyl sites for hydroxylation is 1. The number of nitrogens with one attached hydrogen (secondary N) is 1. The van der Waals surface area contributed by atoms with Crippen molar-refractivity contribution in [3.05, 3.63) is 64.2 Å². The number of hydrogen-bond donors (Lipinski definition) is 1. The molecule has 35 heavy (non-hydrogen) atoms. The van der Waals surface area contributed by atoms with E-state index in [0.717, 1.165) is 37.8 Å². The number of aromatic nitrogens is 2. The predicted molar refractivity (Wildman–Crippen MR) is 120 cm³/mol. The molecule has 0 fully saturated rings. The molecule has 2 aromatic carbocycles. The van der Waals surface area contributed by atoms with Crippen molar-refractivity contribution in [2.24, 2.45) is 0 Å². The second kappa shape index (κ2) is 10.2. The first kappa shape index (κ1) is 24.2. The Bertz CT molecular complexity index is 1300. The average Bonchev–Trinajstić information content (AvgIpc) is 2.79. The molecule has 2 heterocycles. The zero-order valence-electron chi connectivity index (χ0n) is 18.6. The lowest BCUT2D eigenvalue weighted by molar-refractivity contribution is -0.274. The normalized spacial score (nSPS) is 13.9. The molecule has 1 aliphatic heterocycles. The lowest BCUT2D eigenvalue weighted by Crippen LogP contribution is -2.26. The fraction of sp³-hybridized carbons (Fsp3) is 0.333. The minimum absolute atomic E-state index is 0.140. The van der Waals surface area contributed by atoms with Crippen LogP contribution >= 0.6 is 0 Å². The fourth-order valence-corrected chi connectivity index (χ4v) is 3.87. The van der Waals surface area contributed by atoms with Crippen molar-refractivity contribution in [2.45, 2.75) is 45.0 Å². The van der Waals surface area contributed by atoms with Crippen LogP contribution < -0.4 is 15.6 Å². The monoisotopic (exact) mass is 489 g/mol. The molecule has 0 bridgehead atoms. The highest BCUT2D eigenvalue weighted by Gasteiger charge is 2.31. The molecule has 4 rings (SSSR count). The zero-order chi connectivity index (χ0) is 25.0. The van der Waals surface area contributed by atoms with E-state index in [1.165, 1.54) is 30.3 Å². The average molecular weight is 489 g/mol. The number of ether oxygens (including phenoxy) is 2. The third kappa shape index (κ3) is 6.17. The molecule has 0 unspecified atom stereocenters. The van der Waals surface area contributed by atoms with E-state index in [0.29, 0.717) is 29.7 Å². The van der Waals surface area contributed by atoms with Crippen LogP contribution in [0.2, 0.25) is 0 Å². The highest BCUT2D eigenvalue weighted by atomic mass is 19.4. The van der Waals surface area contributed by atoms with Gasteiger partial charge in [0.15, 0.2) is 6.61 Å². The first-order chi connectivity index (χ1) is 16.7. The van der Waals surface area contributed by atoms with Gasteiger partial charge in [-0.15, -0.1) is 13.2 Å². The second-order valence-corrected chi connectivity index (χ2v) is 8.08. The molecule has 8 nitrogen and oxygen atoms in total. The Morgan fingerprint density at radius 3 is 2.51 bits per heavy atom. The van der Waals surface area contributed by atoms with Gasteiger partial charge in [0, 0.05) is 18.7 Å². The van der Waals surface area contributed by atoms with Crippen LogP contribution in [0.4, 0.5) is 18.9 Å². The number of halogens is 3. The van der Waals surface area contributed by atoms with Gasteiger partial charge in [-0.3, -0.25) is 14.2 Å². The van der Waals surface area contributed by atoms with Gasteiger partial charge in [0.25, 0.3) is 11.5 Å². The summed E-state index contributed by atoms with van der Waals surface area (Å²) in [4.78, 5) is 42.0. The van der Waals surface area contributed by atoms with Gasteiger partial charge < -0.3 is 14.8 Å².